The number of carbonyl (C=O) groups is 2. The van der Waals surface area contributed by atoms with Crippen molar-refractivity contribution in [3.63, 3.8) is 0 Å². The van der Waals surface area contributed by atoms with Crippen LogP contribution in [0.4, 0.5) is 0 Å². The molecule has 0 heterocycles. The van der Waals surface area contributed by atoms with Crippen LogP contribution >= 0.6 is 18.9 Å². The summed E-state index contributed by atoms with van der Waals surface area (Å²) < 4.78 is 34.3. The molecule has 2 amide bonds. The highest BCUT2D eigenvalue weighted by molar-refractivity contribution is 8.00. The standard InChI is InChI=1S/C32H30ClN2O2P.ClHO4/c1-3-35(4-2)32(37)29(34-31(36)25-17-9-5-10-18-25)30(33)38(26-19-11-6-12-20-26,27-21-13-7-14-22-27)28-23-15-8-16-24-28;2-1(3,4)5/h5-24H,3-4H2,1-2H3;(H,2,3,4,5)/b30-29-;. The van der Waals surface area contributed by atoms with E-state index in [0.29, 0.717) is 23.4 Å². The average Bonchev–Trinajstić information content (AvgIpc) is 3.02. The van der Waals surface area contributed by atoms with E-state index in [1.165, 1.54) is 0 Å². The third-order valence-corrected chi connectivity index (χ3v) is 11.5. The van der Waals surface area contributed by atoms with E-state index >= 15 is 0 Å². The molecule has 0 atom stereocenters. The Morgan fingerprint density at radius 2 is 1.00 bits per heavy atom. The van der Waals surface area contributed by atoms with E-state index in [0.717, 1.165) is 15.9 Å². The predicted molar refractivity (Wildman–Crippen MR) is 160 cm³/mol. The maximum atomic E-state index is 14.0. The van der Waals surface area contributed by atoms with Gasteiger partial charge in [-0.25, -0.2) is 18.6 Å². The predicted octanol–water partition coefficient (Wildman–Crippen LogP) is 0.931. The van der Waals surface area contributed by atoms with Crippen LogP contribution in [-0.2, 0) is 4.79 Å². The summed E-state index contributed by atoms with van der Waals surface area (Å²) in [6, 6.07) is 38.9. The van der Waals surface area contributed by atoms with E-state index in [2.05, 4.69) is 41.7 Å². The second kappa shape index (κ2) is 15.8. The van der Waals surface area contributed by atoms with E-state index < -0.39 is 17.5 Å². The molecule has 0 aliphatic heterocycles. The third kappa shape index (κ3) is 8.72. The molecule has 224 valence electrons. The molecule has 1 N–H and O–H groups in total. The van der Waals surface area contributed by atoms with Crippen molar-refractivity contribution >= 4 is 46.6 Å². The molecule has 0 aliphatic carbocycles. The van der Waals surface area contributed by atoms with Crippen LogP contribution in [0.3, 0.4) is 0 Å². The largest absolute Gasteiger partial charge is 0.338 e. The van der Waals surface area contributed by atoms with Crippen LogP contribution in [0.2, 0.25) is 0 Å². The maximum absolute atomic E-state index is 14.0. The van der Waals surface area contributed by atoms with Gasteiger partial charge in [0.2, 0.25) is 4.77 Å². The monoisotopic (exact) mass is 640 g/mol. The normalized spacial score (nSPS) is 11.9. The number of halogens is 2. The number of amides is 2. The fraction of sp³-hybridized carbons (Fsp3) is 0.125. The Hall–Kier alpha value is -3.59. The minimum absolute atomic E-state index is 0.106. The molecule has 8 nitrogen and oxygen atoms in total. The molecule has 4 rings (SSSR count). The fourth-order valence-electron chi connectivity index (χ4n) is 4.55. The Morgan fingerprint density at radius 3 is 1.33 bits per heavy atom. The van der Waals surface area contributed by atoms with Crippen LogP contribution in [0, 0.1) is 10.2 Å². The van der Waals surface area contributed by atoms with Crippen LogP contribution in [0.25, 0.3) is 0 Å². The Labute approximate surface area is 258 Å². The molecule has 0 saturated carbocycles. The number of hydrogen-bond donors (Lipinski definition) is 1. The van der Waals surface area contributed by atoms with Crippen LogP contribution in [-0.4, -0.2) is 29.8 Å². The quantitative estimate of drug-likeness (QED) is 0.213. The zero-order valence-electron chi connectivity index (χ0n) is 23.6. The van der Waals surface area contributed by atoms with Crippen molar-refractivity contribution in [2.24, 2.45) is 0 Å². The van der Waals surface area contributed by atoms with Gasteiger partial charge in [0.25, 0.3) is 11.8 Å². The average molecular weight is 641 g/mol. The molecular weight excluding hydrogens is 610 g/mol. The molecule has 0 aromatic heterocycles. The van der Waals surface area contributed by atoms with Gasteiger partial charge in [-0.05, 0) is 74.0 Å². The van der Waals surface area contributed by atoms with Crippen molar-refractivity contribution < 1.29 is 38.5 Å². The second-order valence-corrected chi connectivity index (χ2v) is 13.8. The molecule has 4 aromatic carbocycles. The first-order chi connectivity index (χ1) is 20.5. The third-order valence-electron chi connectivity index (χ3n) is 6.47. The van der Waals surface area contributed by atoms with Gasteiger partial charge in [-0.15, -0.1) is 10.2 Å². The topological polar surface area (TPSA) is 142 Å². The summed E-state index contributed by atoms with van der Waals surface area (Å²) in [6.45, 7) is 4.80. The lowest BCUT2D eigenvalue weighted by atomic mass is 10.2. The van der Waals surface area contributed by atoms with Gasteiger partial charge >= 0.3 is 0 Å². The molecule has 11 heteroatoms. The van der Waals surface area contributed by atoms with Crippen molar-refractivity contribution in [2.45, 2.75) is 13.8 Å². The second-order valence-electron chi connectivity index (χ2n) is 9.02. The number of carbonyl (C=O) groups excluding carboxylic acids is 2. The van der Waals surface area contributed by atoms with Gasteiger partial charge < -0.3 is 10.2 Å². The van der Waals surface area contributed by atoms with Gasteiger partial charge in [0, 0.05) is 18.7 Å². The molecule has 0 fully saturated rings. The number of benzene rings is 4. The molecule has 0 unspecified atom stereocenters. The molecular formula is C32H31Cl2N2O6P. The Balaban J connectivity index is 0.000000934. The van der Waals surface area contributed by atoms with Crippen LogP contribution in [0.5, 0.6) is 0 Å². The van der Waals surface area contributed by atoms with E-state index in [1.54, 1.807) is 29.2 Å². The van der Waals surface area contributed by atoms with Gasteiger partial charge in [-0.2, -0.15) is 0 Å². The molecule has 0 radical (unpaired) electrons. The summed E-state index contributed by atoms with van der Waals surface area (Å²) in [5.41, 5.74) is 0.555. The Bertz CT molecular complexity index is 1400. The van der Waals surface area contributed by atoms with Crippen molar-refractivity contribution in [1.82, 2.24) is 10.2 Å². The van der Waals surface area contributed by atoms with Crippen LogP contribution < -0.4 is 39.9 Å². The maximum Gasteiger partial charge on any atom is 0.275 e. The molecule has 0 bridgehead atoms. The zero-order chi connectivity index (χ0) is 31.5. The summed E-state index contributed by atoms with van der Waals surface area (Å²) in [7, 11) is -7.72. The van der Waals surface area contributed by atoms with Crippen molar-refractivity contribution in [2.75, 3.05) is 13.1 Å². The molecule has 0 aliphatic rings. The number of nitrogens with one attached hydrogen (secondary N) is 1. The Kier molecular flexibility index (Phi) is 12.4. The van der Waals surface area contributed by atoms with E-state index in [1.807, 2.05) is 74.5 Å². The summed E-state index contributed by atoms with van der Waals surface area (Å²) in [4.78, 5) is 29.2. The minimum Gasteiger partial charge on any atom is -0.338 e. The van der Waals surface area contributed by atoms with E-state index in [4.69, 9.17) is 30.2 Å². The first-order valence-corrected chi connectivity index (χ1v) is 16.7. The molecule has 0 spiro atoms. The zero-order valence-corrected chi connectivity index (χ0v) is 26.0. The Morgan fingerprint density at radius 1 is 0.674 bits per heavy atom. The smallest absolute Gasteiger partial charge is 0.275 e. The van der Waals surface area contributed by atoms with Gasteiger partial charge in [-0.1, -0.05) is 72.8 Å². The lowest BCUT2D eigenvalue weighted by Crippen LogP contribution is -2.68. The molecule has 4 aromatic rings. The molecule has 0 saturated heterocycles. The fourth-order valence-corrected chi connectivity index (χ4v) is 9.47. The minimum atomic E-state index is -4.94. The lowest BCUT2D eigenvalue weighted by molar-refractivity contribution is -2.00. The molecule has 43 heavy (non-hydrogen) atoms. The van der Waals surface area contributed by atoms with Crippen molar-refractivity contribution in [3.05, 3.63) is 137 Å². The van der Waals surface area contributed by atoms with Crippen LogP contribution in [0.1, 0.15) is 24.2 Å². The summed E-state index contributed by atoms with van der Waals surface area (Å²) in [5, 5.41) is 5.90. The first-order valence-electron chi connectivity index (χ1n) is 13.3. The van der Waals surface area contributed by atoms with Gasteiger partial charge in [0.1, 0.15) is 15.9 Å². The number of hydrogen-bond acceptors (Lipinski definition) is 6. The van der Waals surface area contributed by atoms with E-state index in [9.17, 15) is 9.59 Å². The van der Waals surface area contributed by atoms with Crippen LogP contribution in [0.15, 0.2) is 132 Å². The highest BCUT2D eigenvalue weighted by Gasteiger charge is 2.52. The van der Waals surface area contributed by atoms with Crippen molar-refractivity contribution in [3.8, 4) is 0 Å². The SMILES string of the molecule is CCN(CC)C(=O)/C(NC(=O)c1ccccc1)=C(\Cl)[P+](c1ccccc1)(c1ccccc1)c1ccccc1.[O-][Cl+3]([O-])([O-])[O-]. The van der Waals surface area contributed by atoms with Crippen molar-refractivity contribution in [1.29, 1.82) is 0 Å². The van der Waals surface area contributed by atoms with E-state index in [-0.39, 0.29) is 17.5 Å². The number of nitrogens with zero attached hydrogens (tertiary/aromatic N) is 1. The van der Waals surface area contributed by atoms with Gasteiger partial charge in [-0.3, -0.25) is 9.59 Å². The lowest BCUT2D eigenvalue weighted by Gasteiger charge is -2.29. The highest BCUT2D eigenvalue weighted by Crippen LogP contribution is 2.64. The van der Waals surface area contributed by atoms with Gasteiger partial charge in [0.05, 0.1) is 0 Å². The first kappa shape index (κ1) is 33.9. The summed E-state index contributed by atoms with van der Waals surface area (Å²) in [5.74, 6) is -0.692. The summed E-state index contributed by atoms with van der Waals surface area (Å²) in [6.07, 6.45) is 0. The number of rotatable bonds is 9. The summed E-state index contributed by atoms with van der Waals surface area (Å²) >= 11 is 7.52. The van der Waals surface area contributed by atoms with Gasteiger partial charge in [0.15, 0.2) is 13.0 Å². The number of likely N-dealkylation sites (N-methyl/N-ethyl adjacent to an activating group) is 1. The highest BCUT2D eigenvalue weighted by atomic mass is 35.7.